The molecule has 3 nitrogen and oxygen atoms in total. The van der Waals surface area contributed by atoms with Gasteiger partial charge in [-0.05, 0) is 74.4 Å². The molecule has 130 valence electrons. The molecule has 0 aliphatic carbocycles. The van der Waals surface area contributed by atoms with E-state index in [1.54, 1.807) is 18.2 Å². The van der Waals surface area contributed by atoms with E-state index in [9.17, 15) is 14.6 Å². The zero-order valence-corrected chi connectivity index (χ0v) is 15.6. The fourth-order valence-electron chi connectivity index (χ4n) is 2.91. The third-order valence-corrected chi connectivity index (χ3v) is 4.64. The fourth-order valence-corrected chi connectivity index (χ4v) is 3.32. The van der Waals surface area contributed by atoms with Crippen LogP contribution < -0.4 is 0 Å². The predicted molar refractivity (Wildman–Crippen MR) is 97.3 cm³/mol. The molecular weight excluding hydrogens is 373 g/mol. The molecule has 0 fully saturated rings. The molecule has 2 rings (SSSR count). The Kier molecular flexibility index (Phi) is 6.52. The molecule has 0 radical (unpaired) electrons. The third kappa shape index (κ3) is 4.42. The SMILES string of the molecule is CN(C)CCC[C@](O)(c1ccc(F)cc1)c1ccc(Br)cc1CO. The normalized spacial score (nSPS) is 14.0. The first-order valence-corrected chi connectivity index (χ1v) is 8.69. The van der Waals surface area contributed by atoms with E-state index >= 15 is 0 Å². The van der Waals surface area contributed by atoms with E-state index in [0.717, 1.165) is 17.4 Å². The first-order valence-electron chi connectivity index (χ1n) is 7.89. The number of halogens is 2. The van der Waals surface area contributed by atoms with Gasteiger partial charge >= 0.3 is 0 Å². The zero-order valence-electron chi connectivity index (χ0n) is 14.0. The van der Waals surface area contributed by atoms with Gasteiger partial charge in [0.1, 0.15) is 11.4 Å². The average molecular weight is 396 g/mol. The number of benzene rings is 2. The highest BCUT2D eigenvalue weighted by atomic mass is 79.9. The first kappa shape index (κ1) is 19.1. The Labute approximate surface area is 150 Å². The van der Waals surface area contributed by atoms with Crippen LogP contribution in [0.25, 0.3) is 0 Å². The maximum atomic E-state index is 13.3. The zero-order chi connectivity index (χ0) is 17.7. The van der Waals surface area contributed by atoms with Crippen LogP contribution >= 0.6 is 15.9 Å². The molecule has 5 heteroatoms. The van der Waals surface area contributed by atoms with Crippen LogP contribution in [-0.2, 0) is 12.2 Å². The summed E-state index contributed by atoms with van der Waals surface area (Å²) in [4.78, 5) is 2.06. The van der Waals surface area contributed by atoms with E-state index in [1.807, 2.05) is 26.2 Å². The summed E-state index contributed by atoms with van der Waals surface area (Å²) in [5, 5.41) is 21.2. The summed E-state index contributed by atoms with van der Waals surface area (Å²) in [6.45, 7) is 0.653. The van der Waals surface area contributed by atoms with Crippen molar-refractivity contribution in [2.45, 2.75) is 25.0 Å². The molecule has 0 aliphatic heterocycles. The van der Waals surface area contributed by atoms with Crippen molar-refractivity contribution in [1.82, 2.24) is 4.90 Å². The summed E-state index contributed by atoms with van der Waals surface area (Å²) >= 11 is 3.39. The van der Waals surface area contributed by atoms with E-state index in [0.29, 0.717) is 23.1 Å². The highest BCUT2D eigenvalue weighted by Crippen LogP contribution is 2.37. The van der Waals surface area contributed by atoms with Crippen LogP contribution in [0.1, 0.15) is 29.5 Å². The van der Waals surface area contributed by atoms with E-state index in [4.69, 9.17) is 0 Å². The highest BCUT2D eigenvalue weighted by molar-refractivity contribution is 9.10. The van der Waals surface area contributed by atoms with Crippen molar-refractivity contribution < 1.29 is 14.6 Å². The summed E-state index contributed by atoms with van der Waals surface area (Å²) in [6, 6.07) is 11.4. The minimum atomic E-state index is -1.28. The van der Waals surface area contributed by atoms with E-state index in [1.165, 1.54) is 12.1 Å². The summed E-state index contributed by atoms with van der Waals surface area (Å²) in [5.74, 6) is -0.340. The summed E-state index contributed by atoms with van der Waals surface area (Å²) in [7, 11) is 3.96. The number of nitrogens with zero attached hydrogens (tertiary/aromatic N) is 1. The van der Waals surface area contributed by atoms with Crippen molar-refractivity contribution in [3.8, 4) is 0 Å². The molecule has 0 amide bonds. The minimum absolute atomic E-state index is 0.175. The standard InChI is InChI=1S/C19H23BrFNO2/c1-22(2)11-3-10-19(24,15-4-7-17(21)8-5-15)18-9-6-16(20)12-14(18)13-23/h4-9,12,23-24H,3,10-11,13H2,1-2H3/t19-/m0/s1. The molecule has 2 N–H and O–H groups in total. The van der Waals surface area contributed by atoms with Gasteiger partial charge in [0.15, 0.2) is 0 Å². The Hall–Kier alpha value is -1.27. The average Bonchev–Trinajstić information content (AvgIpc) is 2.54. The van der Waals surface area contributed by atoms with Crippen LogP contribution in [0.5, 0.6) is 0 Å². The molecule has 0 unspecified atom stereocenters. The lowest BCUT2D eigenvalue weighted by atomic mass is 9.80. The van der Waals surface area contributed by atoms with Crippen molar-refractivity contribution in [2.75, 3.05) is 20.6 Å². The number of aliphatic hydroxyl groups excluding tert-OH is 1. The lowest BCUT2D eigenvalue weighted by Crippen LogP contribution is -2.30. The Bertz CT molecular complexity index is 676. The van der Waals surface area contributed by atoms with Crippen LogP contribution in [0.15, 0.2) is 46.9 Å². The lowest BCUT2D eigenvalue weighted by molar-refractivity contribution is 0.0640. The third-order valence-electron chi connectivity index (χ3n) is 4.15. The largest absolute Gasteiger partial charge is 0.392 e. The van der Waals surface area contributed by atoms with E-state index < -0.39 is 5.60 Å². The highest BCUT2D eigenvalue weighted by Gasteiger charge is 2.33. The molecule has 0 spiro atoms. The van der Waals surface area contributed by atoms with Crippen molar-refractivity contribution in [3.05, 3.63) is 69.4 Å². The van der Waals surface area contributed by atoms with Crippen molar-refractivity contribution in [1.29, 1.82) is 0 Å². The van der Waals surface area contributed by atoms with Crippen LogP contribution in [0.3, 0.4) is 0 Å². The smallest absolute Gasteiger partial charge is 0.123 e. The topological polar surface area (TPSA) is 43.7 Å². The molecule has 2 aromatic rings. The van der Waals surface area contributed by atoms with Gasteiger partial charge in [0.05, 0.1) is 6.61 Å². The lowest BCUT2D eigenvalue weighted by Gasteiger charge is -2.32. The Morgan fingerprint density at radius 1 is 1.12 bits per heavy atom. The predicted octanol–water partition coefficient (Wildman–Crippen LogP) is 3.66. The molecule has 24 heavy (non-hydrogen) atoms. The number of aliphatic hydroxyl groups is 2. The fraction of sp³-hybridized carbons (Fsp3) is 0.368. The second kappa shape index (κ2) is 8.21. The van der Waals surface area contributed by atoms with Gasteiger partial charge in [-0.1, -0.05) is 34.1 Å². The van der Waals surface area contributed by atoms with E-state index in [2.05, 4.69) is 20.8 Å². The molecular formula is C19H23BrFNO2. The number of hydrogen-bond donors (Lipinski definition) is 2. The Morgan fingerprint density at radius 3 is 2.38 bits per heavy atom. The molecule has 0 heterocycles. The maximum Gasteiger partial charge on any atom is 0.123 e. The van der Waals surface area contributed by atoms with Gasteiger partial charge in [-0.3, -0.25) is 0 Å². The summed E-state index contributed by atoms with van der Waals surface area (Å²) in [6.07, 6.45) is 1.24. The van der Waals surface area contributed by atoms with Crippen LogP contribution in [0.2, 0.25) is 0 Å². The number of hydrogen-bond acceptors (Lipinski definition) is 3. The second-order valence-corrected chi connectivity index (χ2v) is 7.15. The molecule has 0 aliphatic rings. The Morgan fingerprint density at radius 2 is 1.79 bits per heavy atom. The van der Waals surface area contributed by atoms with Gasteiger partial charge < -0.3 is 15.1 Å². The minimum Gasteiger partial charge on any atom is -0.392 e. The van der Waals surface area contributed by atoms with Crippen molar-refractivity contribution in [2.24, 2.45) is 0 Å². The Balaban J connectivity index is 2.47. The summed E-state index contributed by atoms with van der Waals surface area (Å²) < 4.78 is 14.1. The number of rotatable bonds is 7. The molecule has 0 bridgehead atoms. The molecule has 1 atom stereocenters. The van der Waals surface area contributed by atoms with Gasteiger partial charge in [-0.15, -0.1) is 0 Å². The van der Waals surface area contributed by atoms with Gasteiger partial charge in [0, 0.05) is 4.47 Å². The molecule has 0 aromatic heterocycles. The van der Waals surface area contributed by atoms with Gasteiger partial charge in [-0.2, -0.15) is 0 Å². The molecule has 0 saturated heterocycles. The second-order valence-electron chi connectivity index (χ2n) is 6.23. The van der Waals surface area contributed by atoms with Crippen LogP contribution in [0.4, 0.5) is 4.39 Å². The van der Waals surface area contributed by atoms with Crippen LogP contribution in [-0.4, -0.2) is 35.8 Å². The van der Waals surface area contributed by atoms with Gasteiger partial charge in [-0.25, -0.2) is 4.39 Å². The quantitative estimate of drug-likeness (QED) is 0.751. The molecule has 2 aromatic carbocycles. The van der Waals surface area contributed by atoms with Crippen molar-refractivity contribution in [3.63, 3.8) is 0 Å². The summed E-state index contributed by atoms with van der Waals surface area (Å²) in [5.41, 5.74) is 0.655. The monoisotopic (exact) mass is 395 g/mol. The maximum absolute atomic E-state index is 13.3. The molecule has 0 saturated carbocycles. The van der Waals surface area contributed by atoms with Crippen LogP contribution in [0, 0.1) is 5.82 Å². The van der Waals surface area contributed by atoms with Crippen molar-refractivity contribution >= 4 is 15.9 Å². The van der Waals surface area contributed by atoms with Gasteiger partial charge in [0.2, 0.25) is 0 Å². The first-order chi connectivity index (χ1) is 11.4. The van der Waals surface area contributed by atoms with E-state index in [-0.39, 0.29) is 12.4 Å². The van der Waals surface area contributed by atoms with Gasteiger partial charge in [0.25, 0.3) is 0 Å².